The molecule has 1 heterocycles. The van der Waals surface area contributed by atoms with E-state index in [1.54, 1.807) is 6.08 Å². The van der Waals surface area contributed by atoms with Crippen LogP contribution in [-0.4, -0.2) is 30.4 Å². The predicted molar refractivity (Wildman–Crippen MR) is 97.8 cm³/mol. The van der Waals surface area contributed by atoms with Gasteiger partial charge in [0.2, 0.25) is 0 Å². The Kier molecular flexibility index (Phi) is 5.29. The molecule has 1 aliphatic carbocycles. The molecule has 1 fully saturated rings. The van der Waals surface area contributed by atoms with Gasteiger partial charge in [-0.05, 0) is 36.3 Å². The Labute approximate surface area is 158 Å². The molecule has 2 unspecified atom stereocenters. The van der Waals surface area contributed by atoms with Crippen molar-refractivity contribution >= 4 is 5.78 Å². The van der Waals surface area contributed by atoms with Crippen LogP contribution in [0.4, 0.5) is 4.39 Å². The van der Waals surface area contributed by atoms with Crippen LogP contribution in [0.1, 0.15) is 25.8 Å². The molecule has 1 aromatic carbocycles. The molecule has 0 amide bonds. The smallest absolute Gasteiger partial charge is 0.189 e. The average Bonchev–Trinajstić information content (AvgIpc) is 3.06. The molecular formula is C21H25FO5. The van der Waals surface area contributed by atoms with Crippen LogP contribution in [0.3, 0.4) is 0 Å². The van der Waals surface area contributed by atoms with Gasteiger partial charge in [0.15, 0.2) is 24.1 Å². The number of fused-ring (bicyclic) bond motifs is 1. The molecule has 0 aromatic heterocycles. The van der Waals surface area contributed by atoms with Gasteiger partial charge < -0.3 is 19.3 Å². The summed E-state index contributed by atoms with van der Waals surface area (Å²) in [6.45, 7) is 7.75. The summed E-state index contributed by atoms with van der Waals surface area (Å²) in [5, 5.41) is 9.99. The summed E-state index contributed by atoms with van der Waals surface area (Å²) in [5.74, 6) is -0.429. The highest BCUT2D eigenvalue weighted by Crippen LogP contribution is 2.47. The lowest BCUT2D eigenvalue weighted by Gasteiger charge is -2.39. The second-order valence-electron chi connectivity index (χ2n) is 7.33. The van der Waals surface area contributed by atoms with E-state index < -0.39 is 11.4 Å². The van der Waals surface area contributed by atoms with Crippen LogP contribution < -0.4 is 4.74 Å². The van der Waals surface area contributed by atoms with E-state index in [9.17, 15) is 14.3 Å². The third-order valence-corrected chi connectivity index (χ3v) is 5.79. The van der Waals surface area contributed by atoms with Crippen molar-refractivity contribution in [3.05, 3.63) is 48.0 Å². The number of allylic oxidation sites excluding steroid dienone is 2. The normalized spacial score (nSPS) is 26.6. The van der Waals surface area contributed by atoms with E-state index in [1.165, 1.54) is 25.3 Å². The van der Waals surface area contributed by atoms with E-state index in [0.717, 1.165) is 0 Å². The van der Waals surface area contributed by atoms with Gasteiger partial charge in [-0.15, -0.1) is 6.58 Å². The number of methoxy groups -OCH3 is 1. The zero-order valence-electron chi connectivity index (χ0n) is 15.8. The lowest BCUT2D eigenvalue weighted by molar-refractivity contribution is -0.124. The Bertz CT molecular complexity index is 787. The monoisotopic (exact) mass is 376 g/mol. The van der Waals surface area contributed by atoms with E-state index in [1.807, 2.05) is 13.8 Å². The van der Waals surface area contributed by atoms with Crippen LogP contribution in [0.2, 0.25) is 0 Å². The highest BCUT2D eigenvalue weighted by atomic mass is 19.1. The standard InChI is InChI=1S/C21H25FO5/c1-5-12(2)15-10-21(20(9-17(15)23)26-11-27-21)13(3)6-14-7-18(24)19(25-4)8-16(14)22/h5,7-9,12-13,15,24H,1,6,10-11H2,2-4H3/t12?,13?,15-,21-/m0/s1. The fourth-order valence-electron chi connectivity index (χ4n) is 3.98. The minimum Gasteiger partial charge on any atom is -0.504 e. The Balaban J connectivity index is 1.91. The second kappa shape index (κ2) is 7.35. The van der Waals surface area contributed by atoms with Gasteiger partial charge in [0.25, 0.3) is 0 Å². The Morgan fingerprint density at radius 2 is 2.22 bits per heavy atom. The first-order chi connectivity index (χ1) is 12.8. The molecule has 1 N–H and O–H groups in total. The zero-order chi connectivity index (χ0) is 19.8. The molecular weight excluding hydrogens is 351 g/mol. The Morgan fingerprint density at radius 1 is 1.48 bits per heavy atom. The topological polar surface area (TPSA) is 65.0 Å². The maximum Gasteiger partial charge on any atom is 0.189 e. The Morgan fingerprint density at radius 3 is 2.89 bits per heavy atom. The van der Waals surface area contributed by atoms with Crippen LogP contribution in [0.25, 0.3) is 0 Å². The van der Waals surface area contributed by atoms with E-state index in [-0.39, 0.29) is 41.8 Å². The minimum absolute atomic E-state index is 0.000928. The molecule has 0 bridgehead atoms. The SMILES string of the molecule is C=CC(C)[C@@H]1C[C@@]2(C(C)Cc3cc(O)c(OC)cc3F)OCOC2=CC1=O. The summed E-state index contributed by atoms with van der Waals surface area (Å²) < 4.78 is 31.0. The van der Waals surface area contributed by atoms with E-state index in [2.05, 4.69) is 6.58 Å². The summed E-state index contributed by atoms with van der Waals surface area (Å²) >= 11 is 0. The molecule has 0 radical (unpaired) electrons. The van der Waals surface area contributed by atoms with Gasteiger partial charge in [-0.2, -0.15) is 0 Å². The third kappa shape index (κ3) is 3.34. The quantitative estimate of drug-likeness (QED) is 0.766. The Hall–Kier alpha value is -2.34. The van der Waals surface area contributed by atoms with Crippen molar-refractivity contribution in [3.63, 3.8) is 0 Å². The molecule has 1 saturated heterocycles. The van der Waals surface area contributed by atoms with Crippen LogP contribution in [0.15, 0.2) is 36.6 Å². The molecule has 3 rings (SSSR count). The first-order valence-electron chi connectivity index (χ1n) is 9.03. The van der Waals surface area contributed by atoms with Gasteiger partial charge in [-0.3, -0.25) is 4.79 Å². The maximum absolute atomic E-state index is 14.5. The maximum atomic E-state index is 14.5. The number of carbonyl (C=O) groups is 1. The first kappa shape index (κ1) is 19.4. The van der Waals surface area contributed by atoms with Crippen molar-refractivity contribution < 1.29 is 28.5 Å². The fourth-order valence-corrected chi connectivity index (χ4v) is 3.98. The fraction of sp³-hybridized carbons (Fsp3) is 0.476. The highest BCUT2D eigenvalue weighted by molar-refractivity contribution is 5.94. The van der Waals surface area contributed by atoms with Gasteiger partial charge in [0.1, 0.15) is 17.2 Å². The molecule has 1 aliphatic heterocycles. The minimum atomic E-state index is -0.794. The van der Waals surface area contributed by atoms with Crippen LogP contribution >= 0.6 is 0 Å². The molecule has 0 spiro atoms. The number of ether oxygens (including phenoxy) is 3. The number of hydrogen-bond donors (Lipinski definition) is 1. The molecule has 4 atom stereocenters. The van der Waals surface area contributed by atoms with E-state index >= 15 is 0 Å². The van der Waals surface area contributed by atoms with Crippen molar-refractivity contribution in [1.82, 2.24) is 0 Å². The van der Waals surface area contributed by atoms with Crippen LogP contribution in [-0.2, 0) is 20.7 Å². The number of hydrogen-bond acceptors (Lipinski definition) is 5. The molecule has 146 valence electrons. The predicted octanol–water partition coefficient (Wildman–Crippen LogP) is 3.76. The second-order valence-corrected chi connectivity index (χ2v) is 7.33. The van der Waals surface area contributed by atoms with Gasteiger partial charge in [-0.25, -0.2) is 4.39 Å². The lowest BCUT2D eigenvalue weighted by Crippen LogP contribution is -2.46. The summed E-state index contributed by atoms with van der Waals surface area (Å²) in [6, 6.07) is 2.54. The number of rotatable bonds is 6. The largest absolute Gasteiger partial charge is 0.504 e. The van der Waals surface area contributed by atoms with Crippen LogP contribution in [0.5, 0.6) is 11.5 Å². The molecule has 5 nitrogen and oxygen atoms in total. The number of ketones is 1. The molecule has 0 saturated carbocycles. The number of phenols is 1. The van der Waals surface area contributed by atoms with Gasteiger partial charge in [0, 0.05) is 18.1 Å². The summed E-state index contributed by atoms with van der Waals surface area (Å²) in [6.07, 6.45) is 4.04. The zero-order valence-corrected chi connectivity index (χ0v) is 15.8. The summed E-state index contributed by atoms with van der Waals surface area (Å²) in [5.41, 5.74) is -0.437. The molecule has 6 heteroatoms. The van der Waals surface area contributed by atoms with E-state index in [0.29, 0.717) is 24.2 Å². The molecule has 2 aliphatic rings. The lowest BCUT2D eigenvalue weighted by atomic mass is 9.69. The van der Waals surface area contributed by atoms with Gasteiger partial charge >= 0.3 is 0 Å². The molecule has 27 heavy (non-hydrogen) atoms. The van der Waals surface area contributed by atoms with Crippen molar-refractivity contribution in [3.8, 4) is 11.5 Å². The van der Waals surface area contributed by atoms with E-state index in [4.69, 9.17) is 14.2 Å². The summed E-state index contributed by atoms with van der Waals surface area (Å²) in [4.78, 5) is 12.5. The number of benzene rings is 1. The number of halogens is 1. The average molecular weight is 376 g/mol. The van der Waals surface area contributed by atoms with Crippen LogP contribution in [0, 0.1) is 23.6 Å². The highest BCUT2D eigenvalue weighted by Gasteiger charge is 2.52. The summed E-state index contributed by atoms with van der Waals surface area (Å²) in [7, 11) is 1.37. The number of phenolic OH excluding ortho intramolecular Hbond substituents is 1. The van der Waals surface area contributed by atoms with Crippen molar-refractivity contribution in [2.45, 2.75) is 32.3 Å². The van der Waals surface area contributed by atoms with Crippen molar-refractivity contribution in [1.29, 1.82) is 0 Å². The van der Waals surface area contributed by atoms with Gasteiger partial charge in [0.05, 0.1) is 7.11 Å². The van der Waals surface area contributed by atoms with Gasteiger partial charge in [-0.1, -0.05) is 19.9 Å². The van der Waals surface area contributed by atoms with Crippen molar-refractivity contribution in [2.75, 3.05) is 13.9 Å². The third-order valence-electron chi connectivity index (χ3n) is 5.79. The van der Waals surface area contributed by atoms with Crippen molar-refractivity contribution in [2.24, 2.45) is 17.8 Å². The number of carbonyl (C=O) groups excluding carboxylic acids is 1. The first-order valence-corrected chi connectivity index (χ1v) is 9.03. The molecule has 1 aromatic rings. The number of aromatic hydroxyl groups is 1.